The first kappa shape index (κ1) is 14.1. The highest BCUT2D eigenvalue weighted by Gasteiger charge is 2.24. The maximum absolute atomic E-state index is 11.7. The Kier molecular flexibility index (Phi) is 4.60. The van der Waals surface area contributed by atoms with Gasteiger partial charge in [0.1, 0.15) is 10.6 Å². The lowest BCUT2D eigenvalue weighted by atomic mass is 10.0. The molecule has 1 atom stereocenters. The van der Waals surface area contributed by atoms with E-state index < -0.39 is 5.97 Å². The van der Waals surface area contributed by atoms with Gasteiger partial charge in [0, 0.05) is 20.2 Å². The summed E-state index contributed by atoms with van der Waals surface area (Å²) in [6.07, 6.45) is 2.24. The molecule has 19 heavy (non-hydrogen) atoms. The zero-order chi connectivity index (χ0) is 13.8. The number of nitrogens with two attached hydrogens (primary N) is 1. The van der Waals surface area contributed by atoms with Gasteiger partial charge in [0.15, 0.2) is 5.82 Å². The number of esters is 1. The maximum atomic E-state index is 11.7. The van der Waals surface area contributed by atoms with Crippen LogP contribution >= 0.6 is 11.5 Å². The number of ether oxygens (including phenoxy) is 2. The van der Waals surface area contributed by atoms with Crippen molar-refractivity contribution in [1.29, 1.82) is 0 Å². The van der Waals surface area contributed by atoms with Gasteiger partial charge in [-0.25, -0.2) is 4.79 Å². The van der Waals surface area contributed by atoms with E-state index in [2.05, 4.69) is 4.37 Å². The number of hydrogen-bond donors (Lipinski definition) is 1. The van der Waals surface area contributed by atoms with Crippen LogP contribution in [0.2, 0.25) is 0 Å². The van der Waals surface area contributed by atoms with E-state index in [0.717, 1.165) is 37.6 Å². The van der Waals surface area contributed by atoms with E-state index in [9.17, 15) is 4.79 Å². The summed E-state index contributed by atoms with van der Waals surface area (Å²) in [7, 11) is 3.28. The third-order valence-corrected chi connectivity index (χ3v) is 4.20. The standard InChI is InChI=1S/C12H19N3O3S/c1-15(6-8-4-3-5-18-7-8)11-9(12(16)17-2)10(13)14-19-11/h8H,3-7H2,1-2H3,(H2,13,14). The number of nitrogens with zero attached hydrogens (tertiary/aromatic N) is 2. The summed E-state index contributed by atoms with van der Waals surface area (Å²) in [6.45, 7) is 2.44. The Morgan fingerprint density at radius 1 is 1.68 bits per heavy atom. The molecule has 1 aromatic heterocycles. The van der Waals surface area contributed by atoms with Crippen molar-refractivity contribution in [2.75, 3.05) is 44.5 Å². The molecular weight excluding hydrogens is 266 g/mol. The third kappa shape index (κ3) is 3.16. The molecule has 6 nitrogen and oxygen atoms in total. The molecule has 0 bridgehead atoms. The number of carbonyl (C=O) groups excluding carboxylic acids is 1. The Morgan fingerprint density at radius 2 is 2.47 bits per heavy atom. The van der Waals surface area contributed by atoms with Gasteiger partial charge < -0.3 is 20.1 Å². The van der Waals surface area contributed by atoms with Crippen LogP contribution < -0.4 is 10.6 Å². The summed E-state index contributed by atoms with van der Waals surface area (Å²) >= 11 is 1.23. The maximum Gasteiger partial charge on any atom is 0.344 e. The Bertz CT molecular complexity index is 443. The fraction of sp³-hybridized carbons (Fsp3) is 0.667. The van der Waals surface area contributed by atoms with Crippen LogP contribution in [0.3, 0.4) is 0 Å². The lowest BCUT2D eigenvalue weighted by Gasteiger charge is -2.27. The first-order valence-corrected chi connectivity index (χ1v) is 7.03. The number of aromatic nitrogens is 1. The van der Waals surface area contributed by atoms with Crippen molar-refractivity contribution in [1.82, 2.24) is 4.37 Å². The van der Waals surface area contributed by atoms with Crippen molar-refractivity contribution >= 4 is 28.3 Å². The molecule has 1 saturated heterocycles. The van der Waals surface area contributed by atoms with Crippen molar-refractivity contribution in [3.8, 4) is 0 Å². The van der Waals surface area contributed by atoms with E-state index in [1.165, 1.54) is 18.6 Å². The number of anilines is 2. The minimum absolute atomic E-state index is 0.235. The molecule has 1 aliphatic heterocycles. The SMILES string of the molecule is COC(=O)c1c(N)nsc1N(C)CC1CCCOC1. The fourth-order valence-corrected chi connectivity index (χ4v) is 3.04. The van der Waals surface area contributed by atoms with Gasteiger partial charge in [0.2, 0.25) is 0 Å². The second-order valence-electron chi connectivity index (χ2n) is 4.70. The highest BCUT2D eigenvalue weighted by molar-refractivity contribution is 7.11. The van der Waals surface area contributed by atoms with Crippen molar-refractivity contribution in [2.45, 2.75) is 12.8 Å². The lowest BCUT2D eigenvalue weighted by molar-refractivity contribution is 0.0575. The summed E-state index contributed by atoms with van der Waals surface area (Å²) in [6, 6.07) is 0. The van der Waals surface area contributed by atoms with Crippen molar-refractivity contribution in [3.05, 3.63) is 5.56 Å². The quantitative estimate of drug-likeness (QED) is 0.842. The molecule has 2 heterocycles. The van der Waals surface area contributed by atoms with Crippen LogP contribution in [0.1, 0.15) is 23.2 Å². The van der Waals surface area contributed by atoms with Crippen molar-refractivity contribution in [3.63, 3.8) is 0 Å². The van der Waals surface area contributed by atoms with Gasteiger partial charge in [-0.3, -0.25) is 0 Å². The van der Waals surface area contributed by atoms with E-state index in [-0.39, 0.29) is 5.82 Å². The van der Waals surface area contributed by atoms with Gasteiger partial charge in [0.05, 0.1) is 13.7 Å². The Morgan fingerprint density at radius 3 is 3.11 bits per heavy atom. The molecular formula is C12H19N3O3S. The Balaban J connectivity index is 2.10. The largest absolute Gasteiger partial charge is 0.465 e. The lowest BCUT2D eigenvalue weighted by Crippen LogP contribution is -2.31. The highest BCUT2D eigenvalue weighted by Crippen LogP contribution is 2.31. The third-order valence-electron chi connectivity index (χ3n) is 3.22. The van der Waals surface area contributed by atoms with Crippen molar-refractivity contribution < 1.29 is 14.3 Å². The van der Waals surface area contributed by atoms with Gasteiger partial charge in [-0.15, -0.1) is 0 Å². The predicted octanol–water partition coefficient (Wildman–Crippen LogP) is 1.37. The van der Waals surface area contributed by atoms with Crippen LogP contribution in [0.5, 0.6) is 0 Å². The van der Waals surface area contributed by atoms with Gasteiger partial charge in [0.25, 0.3) is 0 Å². The monoisotopic (exact) mass is 285 g/mol. The van der Waals surface area contributed by atoms with Crippen molar-refractivity contribution in [2.24, 2.45) is 5.92 Å². The van der Waals surface area contributed by atoms with Crippen LogP contribution in [0, 0.1) is 5.92 Å². The van der Waals surface area contributed by atoms with Crippen LogP contribution in [-0.4, -0.2) is 44.3 Å². The number of carbonyl (C=O) groups is 1. The van der Waals surface area contributed by atoms with Crippen LogP contribution in [0.4, 0.5) is 10.8 Å². The average molecular weight is 285 g/mol. The van der Waals surface area contributed by atoms with E-state index in [1.807, 2.05) is 11.9 Å². The van der Waals surface area contributed by atoms with E-state index >= 15 is 0 Å². The van der Waals surface area contributed by atoms with Gasteiger partial charge in [-0.1, -0.05) is 0 Å². The first-order valence-electron chi connectivity index (χ1n) is 6.25. The minimum Gasteiger partial charge on any atom is -0.465 e. The van der Waals surface area contributed by atoms with Gasteiger partial charge in [-0.2, -0.15) is 4.37 Å². The molecule has 0 spiro atoms. The number of nitrogen functional groups attached to an aromatic ring is 1. The molecule has 1 aliphatic rings. The smallest absolute Gasteiger partial charge is 0.344 e. The predicted molar refractivity (Wildman–Crippen MR) is 74.7 cm³/mol. The van der Waals surface area contributed by atoms with Gasteiger partial charge in [-0.05, 0) is 30.3 Å². The van der Waals surface area contributed by atoms with E-state index in [0.29, 0.717) is 11.5 Å². The number of hydrogen-bond acceptors (Lipinski definition) is 7. The minimum atomic E-state index is -0.437. The fourth-order valence-electron chi connectivity index (χ4n) is 2.27. The molecule has 7 heteroatoms. The van der Waals surface area contributed by atoms with Crippen LogP contribution in [0.15, 0.2) is 0 Å². The second-order valence-corrected chi connectivity index (χ2v) is 5.46. The Labute approximate surface area is 116 Å². The van der Waals surface area contributed by atoms with E-state index in [1.54, 1.807) is 0 Å². The molecule has 0 aliphatic carbocycles. The summed E-state index contributed by atoms with van der Waals surface area (Å²) in [4.78, 5) is 13.7. The number of rotatable bonds is 4. The summed E-state index contributed by atoms with van der Waals surface area (Å²) < 4.78 is 14.3. The van der Waals surface area contributed by atoms with E-state index in [4.69, 9.17) is 15.2 Å². The molecule has 1 aromatic rings. The zero-order valence-corrected chi connectivity index (χ0v) is 12.0. The van der Waals surface area contributed by atoms with Crippen LogP contribution in [0.25, 0.3) is 0 Å². The summed E-state index contributed by atoms with van der Waals surface area (Å²) in [5, 5.41) is 0.759. The molecule has 106 valence electrons. The summed E-state index contributed by atoms with van der Waals surface area (Å²) in [5.41, 5.74) is 6.10. The molecule has 2 N–H and O–H groups in total. The first-order chi connectivity index (χ1) is 9.13. The normalized spacial score (nSPS) is 19.2. The molecule has 2 rings (SSSR count). The zero-order valence-electron chi connectivity index (χ0n) is 11.2. The topological polar surface area (TPSA) is 77.7 Å². The molecule has 0 aromatic carbocycles. The molecule has 0 radical (unpaired) electrons. The average Bonchev–Trinajstić information content (AvgIpc) is 2.81. The second kappa shape index (κ2) is 6.21. The number of methoxy groups -OCH3 is 1. The highest BCUT2D eigenvalue weighted by atomic mass is 32.1. The Hall–Kier alpha value is -1.34. The molecule has 0 amide bonds. The molecule has 1 fully saturated rings. The molecule has 0 saturated carbocycles. The summed E-state index contributed by atoms with van der Waals surface area (Å²) in [5.74, 6) is 0.277. The van der Waals surface area contributed by atoms with Gasteiger partial charge >= 0.3 is 5.97 Å². The van der Waals surface area contributed by atoms with Crippen LogP contribution in [-0.2, 0) is 9.47 Å². The molecule has 1 unspecified atom stereocenters.